The molecule has 1 aromatic carbocycles. The van der Waals surface area contributed by atoms with Gasteiger partial charge >= 0.3 is 0 Å². The molecule has 0 spiro atoms. The Hall–Kier alpha value is -0.410. The van der Waals surface area contributed by atoms with E-state index in [1.54, 1.807) is 12.1 Å². The highest BCUT2D eigenvalue weighted by molar-refractivity contribution is 9.10. The van der Waals surface area contributed by atoms with Crippen molar-refractivity contribution in [3.63, 3.8) is 0 Å². The van der Waals surface area contributed by atoms with Gasteiger partial charge in [-0.15, -0.1) is 0 Å². The zero-order valence-electron chi connectivity index (χ0n) is 12.5. The van der Waals surface area contributed by atoms with Crippen LogP contribution in [0.5, 0.6) is 0 Å². The van der Waals surface area contributed by atoms with E-state index in [-0.39, 0.29) is 17.3 Å². The van der Waals surface area contributed by atoms with Crippen LogP contribution in [0.1, 0.15) is 51.5 Å². The van der Waals surface area contributed by atoms with E-state index < -0.39 is 0 Å². The molecule has 3 heteroatoms. The molecule has 112 valence electrons. The van der Waals surface area contributed by atoms with E-state index in [9.17, 15) is 4.39 Å². The lowest BCUT2D eigenvalue weighted by Crippen LogP contribution is -2.42. The van der Waals surface area contributed by atoms with E-state index in [4.69, 9.17) is 5.73 Å². The molecule has 1 aliphatic rings. The van der Waals surface area contributed by atoms with Gasteiger partial charge in [0.2, 0.25) is 0 Å². The highest BCUT2D eigenvalue weighted by Crippen LogP contribution is 2.46. The van der Waals surface area contributed by atoms with E-state index in [2.05, 4.69) is 29.8 Å². The summed E-state index contributed by atoms with van der Waals surface area (Å²) in [6.07, 6.45) is 6.94. The number of halogens is 2. The van der Waals surface area contributed by atoms with Crippen molar-refractivity contribution in [1.82, 2.24) is 0 Å². The van der Waals surface area contributed by atoms with Crippen molar-refractivity contribution in [3.8, 4) is 0 Å². The molecule has 2 N–H and O–H groups in total. The monoisotopic (exact) mass is 341 g/mol. The molecule has 1 saturated carbocycles. The van der Waals surface area contributed by atoms with Crippen LogP contribution < -0.4 is 5.73 Å². The predicted molar refractivity (Wildman–Crippen MR) is 86.1 cm³/mol. The summed E-state index contributed by atoms with van der Waals surface area (Å²) in [7, 11) is 0. The maximum absolute atomic E-state index is 13.4. The van der Waals surface area contributed by atoms with Gasteiger partial charge in [-0.2, -0.15) is 0 Å². The first kappa shape index (κ1) is 16.0. The van der Waals surface area contributed by atoms with Gasteiger partial charge in [-0.3, -0.25) is 0 Å². The zero-order chi connectivity index (χ0) is 14.8. The molecule has 1 aromatic rings. The molecule has 0 heterocycles. The third kappa shape index (κ3) is 3.62. The van der Waals surface area contributed by atoms with Crippen LogP contribution in [0.3, 0.4) is 0 Å². The van der Waals surface area contributed by atoms with Gasteiger partial charge < -0.3 is 5.73 Å². The van der Waals surface area contributed by atoms with Crippen LogP contribution in [0.25, 0.3) is 0 Å². The quantitative estimate of drug-likeness (QED) is 0.795. The Labute approximate surface area is 130 Å². The van der Waals surface area contributed by atoms with Crippen LogP contribution in [0.4, 0.5) is 4.39 Å². The normalized spacial score (nSPS) is 19.5. The topological polar surface area (TPSA) is 26.0 Å². The van der Waals surface area contributed by atoms with Crippen molar-refractivity contribution in [2.45, 2.75) is 58.4 Å². The largest absolute Gasteiger partial charge is 0.327 e. The molecule has 20 heavy (non-hydrogen) atoms. The van der Waals surface area contributed by atoms with Gasteiger partial charge in [0, 0.05) is 10.5 Å². The summed E-state index contributed by atoms with van der Waals surface area (Å²) in [6.45, 7) is 4.54. The lowest BCUT2D eigenvalue weighted by molar-refractivity contribution is 0.181. The number of hydrogen-bond donors (Lipinski definition) is 1. The Kier molecular flexibility index (Phi) is 5.25. The van der Waals surface area contributed by atoms with E-state index in [0.717, 1.165) is 16.5 Å². The first-order valence-electron chi connectivity index (χ1n) is 7.62. The molecule has 1 nitrogen and oxygen atoms in total. The maximum Gasteiger partial charge on any atom is 0.123 e. The molecule has 0 bridgehead atoms. The second kappa shape index (κ2) is 6.57. The minimum atomic E-state index is -0.181. The molecule has 0 amide bonds. The lowest BCUT2D eigenvalue weighted by Gasteiger charge is -2.37. The van der Waals surface area contributed by atoms with Crippen LogP contribution in [0.2, 0.25) is 0 Å². The van der Waals surface area contributed by atoms with Gasteiger partial charge in [0.1, 0.15) is 5.82 Å². The van der Waals surface area contributed by atoms with E-state index in [1.807, 2.05) is 0 Å². The van der Waals surface area contributed by atoms with Crippen molar-refractivity contribution in [3.05, 3.63) is 34.1 Å². The fourth-order valence-corrected chi connectivity index (χ4v) is 4.18. The second-order valence-corrected chi connectivity index (χ2v) is 7.57. The molecule has 1 atom stereocenters. The minimum absolute atomic E-state index is 0.116. The van der Waals surface area contributed by atoms with E-state index in [1.165, 1.54) is 38.2 Å². The molecule has 0 radical (unpaired) electrons. The zero-order valence-corrected chi connectivity index (χ0v) is 14.0. The van der Waals surface area contributed by atoms with Crippen molar-refractivity contribution in [2.24, 2.45) is 17.1 Å². The summed E-state index contributed by atoms with van der Waals surface area (Å²) in [5, 5.41) is 0. The summed E-state index contributed by atoms with van der Waals surface area (Å²) in [5.74, 6) is 0.481. The standard InChI is InChI=1S/C17H25BrFN/c1-12(2)11-17(7-3-4-8-17)16(20)10-13-9-14(19)5-6-15(13)18/h5-6,9,12,16H,3-4,7-8,10-11,20H2,1-2H3. The number of hydrogen-bond acceptors (Lipinski definition) is 1. The Morgan fingerprint density at radius 1 is 1.30 bits per heavy atom. The van der Waals surface area contributed by atoms with E-state index >= 15 is 0 Å². The Balaban J connectivity index is 2.16. The van der Waals surface area contributed by atoms with Crippen molar-refractivity contribution in [1.29, 1.82) is 0 Å². The van der Waals surface area contributed by atoms with Crippen molar-refractivity contribution >= 4 is 15.9 Å². The molecule has 0 aliphatic heterocycles. The average molecular weight is 342 g/mol. The number of benzene rings is 1. The maximum atomic E-state index is 13.4. The van der Waals surface area contributed by atoms with Crippen LogP contribution in [0, 0.1) is 17.2 Å². The van der Waals surface area contributed by atoms with Gasteiger partial charge in [-0.1, -0.05) is 42.6 Å². The summed E-state index contributed by atoms with van der Waals surface area (Å²) in [6, 6.07) is 4.99. The molecule has 1 aliphatic carbocycles. The van der Waals surface area contributed by atoms with Crippen LogP contribution in [-0.2, 0) is 6.42 Å². The molecule has 1 unspecified atom stereocenters. The number of nitrogens with two attached hydrogens (primary N) is 1. The van der Waals surface area contributed by atoms with Crippen molar-refractivity contribution in [2.75, 3.05) is 0 Å². The first-order chi connectivity index (χ1) is 9.43. The SMILES string of the molecule is CC(C)CC1(C(N)Cc2cc(F)ccc2Br)CCCC1. The summed E-state index contributed by atoms with van der Waals surface area (Å²) < 4.78 is 14.4. The third-order valence-electron chi connectivity index (χ3n) is 4.65. The Morgan fingerprint density at radius 2 is 1.95 bits per heavy atom. The first-order valence-corrected chi connectivity index (χ1v) is 8.42. The fourth-order valence-electron chi connectivity index (χ4n) is 3.77. The Bertz CT molecular complexity index is 452. The van der Waals surface area contributed by atoms with Crippen LogP contribution >= 0.6 is 15.9 Å². The highest BCUT2D eigenvalue weighted by atomic mass is 79.9. The molecule has 1 fully saturated rings. The Morgan fingerprint density at radius 3 is 2.55 bits per heavy atom. The fraction of sp³-hybridized carbons (Fsp3) is 0.647. The smallest absolute Gasteiger partial charge is 0.123 e. The summed E-state index contributed by atoms with van der Waals surface area (Å²) in [5.41, 5.74) is 7.81. The second-order valence-electron chi connectivity index (χ2n) is 6.71. The third-order valence-corrected chi connectivity index (χ3v) is 5.42. The molecule has 0 saturated heterocycles. The molecule has 2 rings (SSSR count). The summed E-state index contributed by atoms with van der Waals surface area (Å²) >= 11 is 3.51. The molecule has 0 aromatic heterocycles. The lowest BCUT2D eigenvalue weighted by atomic mass is 9.71. The van der Waals surface area contributed by atoms with Crippen molar-refractivity contribution < 1.29 is 4.39 Å². The van der Waals surface area contributed by atoms with Gasteiger partial charge in [0.05, 0.1) is 0 Å². The minimum Gasteiger partial charge on any atom is -0.327 e. The highest BCUT2D eigenvalue weighted by Gasteiger charge is 2.39. The van der Waals surface area contributed by atoms with Gasteiger partial charge in [-0.05, 0) is 60.8 Å². The molecular weight excluding hydrogens is 317 g/mol. The number of rotatable bonds is 5. The van der Waals surface area contributed by atoms with E-state index in [0.29, 0.717) is 5.92 Å². The van der Waals surface area contributed by atoms with Crippen LogP contribution in [-0.4, -0.2) is 6.04 Å². The predicted octanol–water partition coefficient (Wildman–Crippen LogP) is 5.06. The van der Waals surface area contributed by atoms with Crippen LogP contribution in [0.15, 0.2) is 22.7 Å². The van der Waals surface area contributed by atoms with Gasteiger partial charge in [0.25, 0.3) is 0 Å². The summed E-state index contributed by atoms with van der Waals surface area (Å²) in [4.78, 5) is 0. The van der Waals surface area contributed by atoms with Gasteiger partial charge in [-0.25, -0.2) is 4.39 Å². The average Bonchev–Trinajstić information content (AvgIpc) is 2.82. The van der Waals surface area contributed by atoms with Gasteiger partial charge in [0.15, 0.2) is 0 Å². The molecular formula is C17H25BrFN.